The van der Waals surface area contributed by atoms with Crippen LogP contribution >= 0.6 is 0 Å². The normalized spacial score (nSPS) is 21.3. The number of hydrogen-bond acceptors (Lipinski definition) is 4. The van der Waals surface area contributed by atoms with Crippen LogP contribution in [0, 0.1) is 5.92 Å². The van der Waals surface area contributed by atoms with E-state index >= 15 is 0 Å². The summed E-state index contributed by atoms with van der Waals surface area (Å²) in [4.78, 5) is 23.3. The van der Waals surface area contributed by atoms with Gasteiger partial charge in [-0.2, -0.15) is 0 Å². The fourth-order valence-corrected chi connectivity index (χ4v) is 2.17. The molecule has 1 unspecified atom stereocenters. The maximum Gasteiger partial charge on any atom is 0.317 e. The van der Waals surface area contributed by atoms with E-state index in [0.29, 0.717) is 18.9 Å². The first-order valence-electron chi connectivity index (χ1n) is 6.01. The van der Waals surface area contributed by atoms with Crippen LogP contribution in [-0.4, -0.2) is 54.6 Å². The third kappa shape index (κ3) is 6.23. The number of hydrogen-bond donors (Lipinski definition) is 3. The number of amides is 1. The van der Waals surface area contributed by atoms with Crippen LogP contribution < -0.4 is 11.1 Å². The van der Waals surface area contributed by atoms with Crippen LogP contribution in [0.15, 0.2) is 0 Å². The SMILES string of the molecule is NC(=O)CCN1CCCC(CNCC(=O)O)C1. The van der Waals surface area contributed by atoms with Crippen molar-refractivity contribution in [2.24, 2.45) is 11.7 Å². The summed E-state index contributed by atoms with van der Waals surface area (Å²) < 4.78 is 0. The second-order valence-electron chi connectivity index (χ2n) is 4.55. The standard InChI is InChI=1S/C11H21N3O3/c12-10(15)3-5-14-4-1-2-9(8-14)6-13-7-11(16)17/h9,13H,1-8H2,(H2,12,15)(H,16,17). The van der Waals surface area contributed by atoms with E-state index in [2.05, 4.69) is 10.2 Å². The molecule has 98 valence electrons. The molecule has 0 bridgehead atoms. The lowest BCUT2D eigenvalue weighted by Crippen LogP contribution is -2.41. The fourth-order valence-electron chi connectivity index (χ4n) is 2.17. The Bertz CT molecular complexity index is 271. The van der Waals surface area contributed by atoms with Crippen molar-refractivity contribution >= 4 is 11.9 Å². The first-order valence-corrected chi connectivity index (χ1v) is 6.01. The second kappa shape index (κ2) is 7.24. The van der Waals surface area contributed by atoms with Crippen LogP contribution in [0.5, 0.6) is 0 Å². The van der Waals surface area contributed by atoms with Crippen molar-refractivity contribution in [3.63, 3.8) is 0 Å². The predicted octanol–water partition coefficient (Wildman–Crippen LogP) is -0.752. The molecule has 0 aromatic heterocycles. The molecule has 4 N–H and O–H groups in total. The summed E-state index contributed by atoms with van der Waals surface area (Å²) in [6.45, 7) is 3.37. The van der Waals surface area contributed by atoms with E-state index in [0.717, 1.165) is 32.5 Å². The van der Waals surface area contributed by atoms with E-state index in [1.165, 1.54) is 0 Å². The Hall–Kier alpha value is -1.14. The highest BCUT2D eigenvalue weighted by atomic mass is 16.4. The molecule has 0 aromatic carbocycles. The molecule has 0 aliphatic carbocycles. The minimum Gasteiger partial charge on any atom is -0.480 e. The Balaban J connectivity index is 2.19. The molecule has 6 nitrogen and oxygen atoms in total. The summed E-state index contributed by atoms with van der Waals surface area (Å²) >= 11 is 0. The number of carboxylic acid groups (broad SMARTS) is 1. The summed E-state index contributed by atoms with van der Waals surface area (Å²) in [5.41, 5.74) is 5.11. The monoisotopic (exact) mass is 243 g/mol. The zero-order chi connectivity index (χ0) is 12.7. The van der Waals surface area contributed by atoms with Crippen LogP contribution in [0.25, 0.3) is 0 Å². The lowest BCUT2D eigenvalue weighted by atomic mass is 9.98. The highest BCUT2D eigenvalue weighted by Gasteiger charge is 2.19. The van der Waals surface area contributed by atoms with E-state index in [4.69, 9.17) is 10.8 Å². The lowest BCUT2D eigenvalue weighted by Gasteiger charge is -2.32. The zero-order valence-corrected chi connectivity index (χ0v) is 10.0. The molecule has 1 amide bonds. The van der Waals surface area contributed by atoms with E-state index in [1.54, 1.807) is 0 Å². The number of nitrogens with two attached hydrogens (primary N) is 1. The second-order valence-corrected chi connectivity index (χ2v) is 4.55. The summed E-state index contributed by atoms with van der Waals surface area (Å²) in [7, 11) is 0. The van der Waals surface area contributed by atoms with Crippen molar-refractivity contribution < 1.29 is 14.7 Å². The molecule has 0 saturated carbocycles. The number of piperidine rings is 1. The smallest absolute Gasteiger partial charge is 0.317 e. The average molecular weight is 243 g/mol. The molecule has 0 spiro atoms. The number of rotatable bonds is 7. The Labute approximate surface area is 101 Å². The van der Waals surface area contributed by atoms with E-state index in [-0.39, 0.29) is 12.5 Å². The maximum atomic E-state index is 10.7. The number of likely N-dealkylation sites (tertiary alicyclic amines) is 1. The highest BCUT2D eigenvalue weighted by molar-refractivity contribution is 5.73. The molecule has 0 aromatic rings. The van der Waals surface area contributed by atoms with Crippen LogP contribution in [0.3, 0.4) is 0 Å². The van der Waals surface area contributed by atoms with Gasteiger partial charge < -0.3 is 21.1 Å². The van der Waals surface area contributed by atoms with Gasteiger partial charge in [-0.1, -0.05) is 0 Å². The number of carbonyl (C=O) groups is 2. The molecule has 1 fully saturated rings. The first kappa shape index (κ1) is 13.9. The Morgan fingerprint density at radius 3 is 2.88 bits per heavy atom. The van der Waals surface area contributed by atoms with Gasteiger partial charge in [0.25, 0.3) is 0 Å². The number of nitrogens with one attached hydrogen (secondary N) is 1. The minimum atomic E-state index is -0.827. The molecular weight excluding hydrogens is 222 g/mol. The molecule has 1 heterocycles. The lowest BCUT2D eigenvalue weighted by molar-refractivity contribution is -0.136. The fraction of sp³-hybridized carbons (Fsp3) is 0.818. The number of aliphatic carboxylic acids is 1. The van der Waals surface area contributed by atoms with Crippen LogP contribution in [0.4, 0.5) is 0 Å². The van der Waals surface area contributed by atoms with Crippen molar-refractivity contribution in [3.8, 4) is 0 Å². The van der Waals surface area contributed by atoms with Gasteiger partial charge >= 0.3 is 5.97 Å². The quantitative estimate of drug-likeness (QED) is 0.546. The van der Waals surface area contributed by atoms with Gasteiger partial charge in [0, 0.05) is 19.5 Å². The predicted molar refractivity (Wildman–Crippen MR) is 63.5 cm³/mol. The van der Waals surface area contributed by atoms with Crippen LogP contribution in [-0.2, 0) is 9.59 Å². The van der Waals surface area contributed by atoms with Gasteiger partial charge in [0.05, 0.1) is 6.54 Å². The van der Waals surface area contributed by atoms with Gasteiger partial charge in [0.2, 0.25) is 5.91 Å². The van der Waals surface area contributed by atoms with Gasteiger partial charge in [-0.15, -0.1) is 0 Å². The molecule has 17 heavy (non-hydrogen) atoms. The topological polar surface area (TPSA) is 95.7 Å². The van der Waals surface area contributed by atoms with Gasteiger partial charge in [0.1, 0.15) is 0 Å². The molecule has 1 atom stereocenters. The third-order valence-electron chi connectivity index (χ3n) is 2.99. The molecule has 6 heteroatoms. The molecule has 1 rings (SSSR count). The first-order chi connectivity index (χ1) is 8.08. The Morgan fingerprint density at radius 2 is 2.24 bits per heavy atom. The van der Waals surface area contributed by atoms with Gasteiger partial charge in [-0.25, -0.2) is 0 Å². The molecule has 1 aliphatic heterocycles. The van der Waals surface area contributed by atoms with E-state index in [9.17, 15) is 9.59 Å². The number of nitrogens with zero attached hydrogens (tertiary/aromatic N) is 1. The minimum absolute atomic E-state index is 0.0117. The van der Waals surface area contributed by atoms with Crippen molar-refractivity contribution in [3.05, 3.63) is 0 Å². The number of carbonyl (C=O) groups excluding carboxylic acids is 1. The zero-order valence-electron chi connectivity index (χ0n) is 10.0. The van der Waals surface area contributed by atoms with Gasteiger partial charge in [0.15, 0.2) is 0 Å². The highest BCUT2D eigenvalue weighted by Crippen LogP contribution is 2.15. The average Bonchev–Trinajstić information content (AvgIpc) is 2.26. The summed E-state index contributed by atoms with van der Waals surface area (Å²) in [5, 5.41) is 11.4. The van der Waals surface area contributed by atoms with Crippen LogP contribution in [0.2, 0.25) is 0 Å². The van der Waals surface area contributed by atoms with E-state index in [1.807, 2.05) is 0 Å². The summed E-state index contributed by atoms with van der Waals surface area (Å²) in [5.74, 6) is -0.626. The molecule has 0 radical (unpaired) electrons. The maximum absolute atomic E-state index is 10.7. The van der Waals surface area contributed by atoms with Gasteiger partial charge in [-0.3, -0.25) is 9.59 Å². The Kier molecular flexibility index (Phi) is 5.93. The Morgan fingerprint density at radius 1 is 1.47 bits per heavy atom. The van der Waals surface area contributed by atoms with Gasteiger partial charge in [-0.05, 0) is 31.8 Å². The van der Waals surface area contributed by atoms with Crippen molar-refractivity contribution in [1.82, 2.24) is 10.2 Å². The molecular formula is C11H21N3O3. The molecule has 1 aliphatic rings. The van der Waals surface area contributed by atoms with Crippen molar-refractivity contribution in [2.45, 2.75) is 19.3 Å². The van der Waals surface area contributed by atoms with Crippen LogP contribution in [0.1, 0.15) is 19.3 Å². The van der Waals surface area contributed by atoms with E-state index < -0.39 is 5.97 Å². The largest absolute Gasteiger partial charge is 0.480 e. The number of primary amides is 1. The summed E-state index contributed by atoms with van der Waals surface area (Å²) in [6, 6.07) is 0. The number of carboxylic acids is 1. The van der Waals surface area contributed by atoms with Crippen molar-refractivity contribution in [1.29, 1.82) is 0 Å². The third-order valence-corrected chi connectivity index (χ3v) is 2.99. The van der Waals surface area contributed by atoms with Crippen molar-refractivity contribution in [2.75, 3.05) is 32.7 Å². The summed E-state index contributed by atoms with van der Waals surface area (Å²) in [6.07, 6.45) is 2.60. The molecule has 1 saturated heterocycles.